The highest BCUT2D eigenvalue weighted by Crippen LogP contribution is 2.14. The van der Waals surface area contributed by atoms with E-state index in [-0.39, 0.29) is 16.4 Å². The van der Waals surface area contributed by atoms with E-state index in [1.807, 2.05) is 6.92 Å². The first-order chi connectivity index (χ1) is 8.38. The predicted molar refractivity (Wildman–Crippen MR) is 74.2 cm³/mol. The van der Waals surface area contributed by atoms with Crippen LogP contribution in [0.4, 0.5) is 0 Å². The molecule has 4 nitrogen and oxygen atoms in total. The number of terminal acetylenes is 1. The van der Waals surface area contributed by atoms with Crippen LogP contribution in [0.15, 0.2) is 22.3 Å². The van der Waals surface area contributed by atoms with Gasteiger partial charge in [-0.3, -0.25) is 0 Å². The van der Waals surface area contributed by atoms with E-state index < -0.39 is 16.4 Å². The Hall–Kier alpha value is -1.25. The molecular weight excluding hydrogens is 250 g/mol. The van der Waals surface area contributed by atoms with E-state index in [1.165, 1.54) is 13.0 Å². The van der Waals surface area contributed by atoms with Crippen LogP contribution in [0.3, 0.4) is 0 Å². The van der Waals surface area contributed by atoms with Crippen LogP contribution >= 0.6 is 0 Å². The first kappa shape index (κ1) is 16.8. The van der Waals surface area contributed by atoms with Crippen molar-refractivity contribution in [3.05, 3.63) is 22.3 Å². The zero-order chi connectivity index (χ0) is 14.2. The number of hydrogen-bond acceptors (Lipinski definition) is 4. The maximum Gasteiger partial charge on any atom is 0.178 e. The standard InChI is InChI=1S/C13H21NO3S/c1-4-6-7-12(5-2)10-13(14)11(3)18(16,17)9-8-15/h2,10,15H,4,6-9,14H2,1,3H3/b12-10+,13-11-. The third-order valence-electron chi connectivity index (χ3n) is 2.55. The summed E-state index contributed by atoms with van der Waals surface area (Å²) in [6.45, 7) is 3.05. The summed E-state index contributed by atoms with van der Waals surface area (Å²) >= 11 is 0. The largest absolute Gasteiger partial charge is 0.398 e. The molecule has 0 saturated heterocycles. The molecule has 5 heteroatoms. The highest BCUT2D eigenvalue weighted by Gasteiger charge is 2.15. The van der Waals surface area contributed by atoms with Crippen LogP contribution in [0.25, 0.3) is 0 Å². The van der Waals surface area contributed by atoms with Gasteiger partial charge in [-0.15, -0.1) is 6.42 Å². The van der Waals surface area contributed by atoms with Crippen LogP contribution in [0.1, 0.15) is 33.1 Å². The first-order valence-corrected chi connectivity index (χ1v) is 7.51. The minimum atomic E-state index is -3.49. The lowest BCUT2D eigenvalue weighted by Crippen LogP contribution is -2.14. The van der Waals surface area contributed by atoms with Crippen molar-refractivity contribution in [3.8, 4) is 12.3 Å². The Kier molecular flexibility index (Phi) is 7.41. The second-order valence-electron chi connectivity index (χ2n) is 3.97. The van der Waals surface area contributed by atoms with Crippen molar-refractivity contribution in [2.75, 3.05) is 12.4 Å². The summed E-state index contributed by atoms with van der Waals surface area (Å²) in [6, 6.07) is 0. The molecular formula is C13H21NO3S. The summed E-state index contributed by atoms with van der Waals surface area (Å²) < 4.78 is 23.4. The lowest BCUT2D eigenvalue weighted by molar-refractivity contribution is 0.320. The van der Waals surface area contributed by atoms with Crippen molar-refractivity contribution in [3.63, 3.8) is 0 Å². The van der Waals surface area contributed by atoms with Gasteiger partial charge in [0.15, 0.2) is 9.84 Å². The zero-order valence-corrected chi connectivity index (χ0v) is 11.8. The average molecular weight is 271 g/mol. The zero-order valence-electron chi connectivity index (χ0n) is 10.9. The smallest absolute Gasteiger partial charge is 0.178 e. The van der Waals surface area contributed by atoms with Crippen molar-refractivity contribution in [1.29, 1.82) is 0 Å². The van der Waals surface area contributed by atoms with Crippen molar-refractivity contribution < 1.29 is 13.5 Å². The monoisotopic (exact) mass is 271 g/mol. The number of hydrogen-bond donors (Lipinski definition) is 2. The van der Waals surface area contributed by atoms with Gasteiger partial charge < -0.3 is 10.8 Å². The topological polar surface area (TPSA) is 80.4 Å². The molecule has 3 N–H and O–H groups in total. The van der Waals surface area contributed by atoms with Gasteiger partial charge in [0.2, 0.25) is 0 Å². The number of aliphatic hydroxyl groups excluding tert-OH is 1. The molecule has 0 saturated carbocycles. The highest BCUT2D eigenvalue weighted by atomic mass is 32.2. The molecule has 0 fully saturated rings. The summed E-state index contributed by atoms with van der Waals surface area (Å²) in [5.41, 5.74) is 6.56. The predicted octanol–water partition coefficient (Wildman–Crippen LogP) is 1.33. The van der Waals surface area contributed by atoms with Crippen molar-refractivity contribution in [2.45, 2.75) is 33.1 Å². The van der Waals surface area contributed by atoms with Crippen LogP contribution in [0.2, 0.25) is 0 Å². The van der Waals surface area contributed by atoms with E-state index >= 15 is 0 Å². The lowest BCUT2D eigenvalue weighted by atomic mass is 10.1. The quantitative estimate of drug-likeness (QED) is 0.541. The van der Waals surface area contributed by atoms with Gasteiger partial charge in [-0.05, 0) is 25.8 Å². The Morgan fingerprint density at radius 3 is 2.56 bits per heavy atom. The molecule has 0 heterocycles. The summed E-state index contributed by atoms with van der Waals surface area (Å²) in [6.07, 6.45) is 9.52. The number of rotatable bonds is 7. The number of unbranched alkanes of at least 4 members (excludes halogenated alkanes) is 1. The van der Waals surface area contributed by atoms with Gasteiger partial charge in [0.05, 0.1) is 17.3 Å². The molecule has 18 heavy (non-hydrogen) atoms. The number of nitrogens with two attached hydrogens (primary N) is 1. The molecule has 0 amide bonds. The molecule has 0 aliphatic heterocycles. The second-order valence-corrected chi connectivity index (χ2v) is 6.22. The maximum atomic E-state index is 11.7. The molecule has 0 aliphatic carbocycles. The van der Waals surface area contributed by atoms with E-state index in [4.69, 9.17) is 17.3 Å². The summed E-state index contributed by atoms with van der Waals surface area (Å²) in [5.74, 6) is 2.18. The van der Waals surface area contributed by atoms with E-state index in [0.717, 1.165) is 12.8 Å². The summed E-state index contributed by atoms with van der Waals surface area (Å²) in [7, 11) is -3.49. The van der Waals surface area contributed by atoms with Crippen LogP contribution in [-0.2, 0) is 9.84 Å². The molecule has 0 aromatic carbocycles. The van der Waals surface area contributed by atoms with Gasteiger partial charge in [0.1, 0.15) is 0 Å². The van der Waals surface area contributed by atoms with Crippen molar-refractivity contribution in [1.82, 2.24) is 0 Å². The van der Waals surface area contributed by atoms with Gasteiger partial charge in [0, 0.05) is 11.3 Å². The molecule has 0 radical (unpaired) electrons. The molecule has 0 spiro atoms. The molecule has 0 aromatic heterocycles. The third kappa shape index (κ3) is 5.39. The second kappa shape index (κ2) is 7.96. The minimum Gasteiger partial charge on any atom is -0.398 e. The normalized spacial score (nSPS) is 14.0. The van der Waals surface area contributed by atoms with Crippen LogP contribution < -0.4 is 5.73 Å². The molecule has 0 unspecified atom stereocenters. The van der Waals surface area contributed by atoms with Gasteiger partial charge in [-0.25, -0.2) is 8.42 Å². The molecule has 0 aromatic rings. The van der Waals surface area contributed by atoms with E-state index in [9.17, 15) is 8.42 Å². The number of allylic oxidation sites excluding steroid dienone is 3. The molecule has 0 bridgehead atoms. The Morgan fingerprint density at radius 2 is 2.11 bits per heavy atom. The van der Waals surface area contributed by atoms with Gasteiger partial charge in [0.25, 0.3) is 0 Å². The molecule has 102 valence electrons. The SMILES string of the molecule is C#C/C(=C\C(N)=C(/C)S(=O)(=O)CCO)CCCC. The minimum absolute atomic E-state index is 0.0563. The number of sulfone groups is 1. The Morgan fingerprint density at radius 1 is 1.50 bits per heavy atom. The highest BCUT2D eigenvalue weighted by molar-refractivity contribution is 7.95. The fourth-order valence-corrected chi connectivity index (χ4v) is 2.26. The van der Waals surface area contributed by atoms with Crippen molar-refractivity contribution in [2.24, 2.45) is 5.73 Å². The van der Waals surface area contributed by atoms with Gasteiger partial charge in [-0.1, -0.05) is 19.3 Å². The average Bonchev–Trinajstić information content (AvgIpc) is 2.33. The fourth-order valence-electron chi connectivity index (χ4n) is 1.30. The van der Waals surface area contributed by atoms with Crippen molar-refractivity contribution >= 4 is 9.84 Å². The fraction of sp³-hybridized carbons (Fsp3) is 0.538. The lowest BCUT2D eigenvalue weighted by Gasteiger charge is -2.06. The van der Waals surface area contributed by atoms with E-state index in [0.29, 0.717) is 12.0 Å². The van der Waals surface area contributed by atoms with Crippen LogP contribution in [0, 0.1) is 12.3 Å². The van der Waals surface area contributed by atoms with Gasteiger partial charge >= 0.3 is 0 Å². The van der Waals surface area contributed by atoms with Crippen LogP contribution in [-0.4, -0.2) is 25.9 Å². The van der Waals surface area contributed by atoms with Crippen LogP contribution in [0.5, 0.6) is 0 Å². The first-order valence-electron chi connectivity index (χ1n) is 5.86. The summed E-state index contributed by atoms with van der Waals surface area (Å²) in [5, 5.41) is 8.69. The Balaban J connectivity index is 5.18. The van der Waals surface area contributed by atoms with E-state index in [2.05, 4.69) is 5.92 Å². The van der Waals surface area contributed by atoms with Gasteiger partial charge in [-0.2, -0.15) is 0 Å². The summed E-state index contributed by atoms with van der Waals surface area (Å²) in [4.78, 5) is 0.0563. The third-order valence-corrected chi connectivity index (χ3v) is 4.44. The number of aliphatic hydroxyl groups is 1. The molecule has 0 aliphatic rings. The molecule has 0 rings (SSSR count). The maximum absolute atomic E-state index is 11.7. The van der Waals surface area contributed by atoms with E-state index in [1.54, 1.807) is 0 Å². The Labute approximate surface area is 109 Å². The molecule has 0 atom stereocenters. The Bertz CT molecular complexity index is 467.